The number of nitrogens with zero attached hydrogens (tertiary/aromatic N) is 4. The van der Waals surface area contributed by atoms with Crippen LogP contribution in [-0.2, 0) is 9.59 Å². The number of halogens is 2. The lowest BCUT2D eigenvalue weighted by atomic mass is 10.0. The standard InChI is InChI=1S/C29H31F2N7O4/c1-37-13-9-21(10-14-37)38(2)28(41)36-24-16-25(33-17-32-24)42-23-8-7-20(15-22(23)31)35-27(40)29(11-12-29)26(39)34-19-5-3-18(30)4-6-19/h3-8,15-17,21H,9-14H2,1-2H3,(H,34,39)(H,35,40)(H,32,33,36,41). The molecular weight excluding hydrogens is 548 g/mol. The molecule has 5 rings (SSSR count). The van der Waals surface area contributed by atoms with Crippen molar-refractivity contribution in [1.29, 1.82) is 0 Å². The zero-order chi connectivity index (χ0) is 29.9. The summed E-state index contributed by atoms with van der Waals surface area (Å²) in [6.45, 7) is 1.82. The summed E-state index contributed by atoms with van der Waals surface area (Å²) in [5.74, 6) is -2.27. The number of carbonyl (C=O) groups excluding carboxylic acids is 3. The molecule has 2 aliphatic rings. The van der Waals surface area contributed by atoms with E-state index in [9.17, 15) is 23.2 Å². The van der Waals surface area contributed by atoms with Crippen molar-refractivity contribution in [2.24, 2.45) is 5.41 Å². The molecule has 220 valence electrons. The summed E-state index contributed by atoms with van der Waals surface area (Å²) >= 11 is 0. The normalized spacial score (nSPS) is 16.3. The van der Waals surface area contributed by atoms with Crippen molar-refractivity contribution in [2.45, 2.75) is 31.7 Å². The van der Waals surface area contributed by atoms with E-state index in [4.69, 9.17) is 4.74 Å². The van der Waals surface area contributed by atoms with Crippen molar-refractivity contribution in [3.63, 3.8) is 0 Å². The van der Waals surface area contributed by atoms with Crippen molar-refractivity contribution >= 4 is 35.0 Å². The fraction of sp³-hybridized carbons (Fsp3) is 0.345. The van der Waals surface area contributed by atoms with Gasteiger partial charge in [0, 0.05) is 36.6 Å². The molecule has 0 bridgehead atoms. The zero-order valence-electron chi connectivity index (χ0n) is 23.2. The van der Waals surface area contributed by atoms with Gasteiger partial charge in [0.2, 0.25) is 17.7 Å². The molecule has 0 atom stereocenters. The van der Waals surface area contributed by atoms with Gasteiger partial charge in [0.15, 0.2) is 11.6 Å². The van der Waals surface area contributed by atoms with E-state index >= 15 is 0 Å². The summed E-state index contributed by atoms with van der Waals surface area (Å²) in [4.78, 5) is 50.3. The maximum absolute atomic E-state index is 14.9. The Labute approximate surface area is 241 Å². The van der Waals surface area contributed by atoms with E-state index in [1.807, 2.05) is 7.05 Å². The molecule has 3 N–H and O–H groups in total. The summed E-state index contributed by atoms with van der Waals surface area (Å²) in [7, 11) is 3.79. The predicted molar refractivity (Wildman–Crippen MR) is 151 cm³/mol. The number of rotatable bonds is 8. The van der Waals surface area contributed by atoms with Gasteiger partial charge in [0.1, 0.15) is 23.4 Å². The summed E-state index contributed by atoms with van der Waals surface area (Å²) < 4.78 is 33.6. The van der Waals surface area contributed by atoms with Crippen molar-refractivity contribution in [1.82, 2.24) is 19.8 Å². The molecule has 1 aliphatic carbocycles. The number of nitrogens with one attached hydrogen (secondary N) is 3. The highest BCUT2D eigenvalue weighted by Crippen LogP contribution is 2.47. The first kappa shape index (κ1) is 28.9. The van der Waals surface area contributed by atoms with E-state index in [-0.39, 0.29) is 35.2 Å². The van der Waals surface area contributed by atoms with Crippen LogP contribution >= 0.6 is 0 Å². The number of ether oxygens (including phenoxy) is 1. The topological polar surface area (TPSA) is 129 Å². The first-order valence-corrected chi connectivity index (χ1v) is 13.5. The number of anilines is 3. The van der Waals surface area contributed by atoms with Crippen molar-refractivity contribution in [2.75, 3.05) is 43.1 Å². The Morgan fingerprint density at radius 2 is 1.57 bits per heavy atom. The molecule has 2 aromatic carbocycles. The number of aromatic nitrogens is 2. The molecule has 2 heterocycles. The summed E-state index contributed by atoms with van der Waals surface area (Å²) in [5.41, 5.74) is -0.786. The van der Waals surface area contributed by atoms with Gasteiger partial charge in [0.25, 0.3) is 0 Å². The molecular formula is C29H31F2N7O4. The predicted octanol–water partition coefficient (Wildman–Crippen LogP) is 4.46. The van der Waals surface area contributed by atoms with E-state index in [0.29, 0.717) is 18.5 Å². The highest BCUT2D eigenvalue weighted by molar-refractivity contribution is 6.16. The lowest BCUT2D eigenvalue weighted by molar-refractivity contribution is -0.131. The molecule has 2 fully saturated rings. The van der Waals surface area contributed by atoms with Gasteiger partial charge in [-0.2, -0.15) is 0 Å². The largest absolute Gasteiger partial charge is 0.436 e. The average molecular weight is 580 g/mol. The van der Waals surface area contributed by atoms with E-state index in [1.165, 1.54) is 48.8 Å². The van der Waals surface area contributed by atoms with Crippen LogP contribution in [0.3, 0.4) is 0 Å². The molecule has 42 heavy (non-hydrogen) atoms. The van der Waals surface area contributed by atoms with Crippen LogP contribution in [0.5, 0.6) is 11.6 Å². The number of benzene rings is 2. The molecule has 0 radical (unpaired) electrons. The molecule has 1 saturated heterocycles. The van der Waals surface area contributed by atoms with Crippen molar-refractivity contribution in [3.05, 3.63) is 66.5 Å². The van der Waals surface area contributed by atoms with Crippen molar-refractivity contribution in [3.8, 4) is 11.6 Å². The number of carbonyl (C=O) groups is 3. The van der Waals surface area contributed by atoms with Gasteiger partial charge in [-0.1, -0.05) is 0 Å². The number of hydrogen-bond acceptors (Lipinski definition) is 7. The summed E-state index contributed by atoms with van der Waals surface area (Å²) in [6, 6.07) is 10.2. The Hall–Kier alpha value is -4.65. The van der Waals surface area contributed by atoms with Gasteiger partial charge in [-0.3, -0.25) is 14.9 Å². The molecule has 13 heteroatoms. The Kier molecular flexibility index (Phi) is 8.29. The Balaban J connectivity index is 1.18. The van der Waals surface area contributed by atoms with Crippen LogP contribution in [0.2, 0.25) is 0 Å². The van der Waals surface area contributed by atoms with E-state index < -0.39 is 28.9 Å². The van der Waals surface area contributed by atoms with Crippen LogP contribution in [-0.4, -0.2) is 70.8 Å². The second-order valence-corrected chi connectivity index (χ2v) is 10.6. The fourth-order valence-electron chi connectivity index (χ4n) is 4.70. The van der Waals surface area contributed by atoms with Gasteiger partial charge < -0.3 is 25.2 Å². The van der Waals surface area contributed by atoms with Crippen LogP contribution in [0.4, 0.5) is 30.8 Å². The SMILES string of the molecule is CN1CCC(N(C)C(=O)Nc2cc(Oc3ccc(NC(=O)C4(C(=O)Nc5ccc(F)cc5)CC4)cc3F)ncn2)CC1. The van der Waals surface area contributed by atoms with Gasteiger partial charge in [-0.05, 0) is 82.2 Å². The number of amides is 4. The number of urea groups is 1. The minimum absolute atomic E-state index is 0.00678. The highest BCUT2D eigenvalue weighted by atomic mass is 19.1. The molecule has 4 amide bonds. The van der Waals surface area contributed by atoms with Gasteiger partial charge in [0.05, 0.1) is 0 Å². The molecule has 1 aromatic heterocycles. The maximum Gasteiger partial charge on any atom is 0.323 e. The minimum atomic E-state index is -1.29. The van der Waals surface area contributed by atoms with Crippen LogP contribution in [0.25, 0.3) is 0 Å². The molecule has 1 saturated carbocycles. The first-order valence-electron chi connectivity index (χ1n) is 13.5. The third-order valence-corrected chi connectivity index (χ3v) is 7.56. The Bertz CT molecular complexity index is 1480. The number of piperidine rings is 1. The van der Waals surface area contributed by atoms with Crippen LogP contribution in [0.15, 0.2) is 54.9 Å². The smallest absolute Gasteiger partial charge is 0.323 e. The number of likely N-dealkylation sites (tertiary alicyclic amines) is 1. The third-order valence-electron chi connectivity index (χ3n) is 7.56. The number of hydrogen-bond donors (Lipinski definition) is 3. The quantitative estimate of drug-likeness (QED) is 0.336. The Morgan fingerprint density at radius 3 is 2.21 bits per heavy atom. The van der Waals surface area contributed by atoms with Gasteiger partial charge in [-0.15, -0.1) is 0 Å². The van der Waals surface area contributed by atoms with E-state index in [2.05, 4.69) is 30.8 Å². The second-order valence-electron chi connectivity index (χ2n) is 10.6. The molecule has 3 aromatic rings. The fourth-order valence-corrected chi connectivity index (χ4v) is 4.70. The lowest BCUT2D eigenvalue weighted by Crippen LogP contribution is -2.46. The monoisotopic (exact) mass is 579 g/mol. The second kappa shape index (κ2) is 12.1. The molecule has 11 nitrogen and oxygen atoms in total. The summed E-state index contributed by atoms with van der Waals surface area (Å²) in [5, 5.41) is 7.93. The summed E-state index contributed by atoms with van der Waals surface area (Å²) in [6.07, 6.45) is 3.60. The average Bonchev–Trinajstić information content (AvgIpc) is 3.79. The minimum Gasteiger partial charge on any atom is -0.436 e. The van der Waals surface area contributed by atoms with E-state index in [0.717, 1.165) is 32.0 Å². The highest BCUT2D eigenvalue weighted by Gasteiger charge is 2.56. The van der Waals surface area contributed by atoms with Gasteiger partial charge >= 0.3 is 6.03 Å². The Morgan fingerprint density at radius 1 is 0.929 bits per heavy atom. The first-order chi connectivity index (χ1) is 20.1. The third kappa shape index (κ3) is 6.62. The molecule has 1 aliphatic heterocycles. The molecule has 0 unspecified atom stereocenters. The lowest BCUT2D eigenvalue weighted by Gasteiger charge is -2.34. The molecule has 0 spiro atoms. The van der Waals surface area contributed by atoms with Crippen LogP contribution in [0, 0.1) is 17.0 Å². The zero-order valence-corrected chi connectivity index (χ0v) is 23.2. The van der Waals surface area contributed by atoms with Gasteiger partial charge in [-0.25, -0.2) is 23.5 Å². The van der Waals surface area contributed by atoms with Crippen LogP contribution in [0.1, 0.15) is 25.7 Å². The van der Waals surface area contributed by atoms with E-state index in [1.54, 1.807) is 11.9 Å². The van der Waals surface area contributed by atoms with Crippen molar-refractivity contribution < 1.29 is 27.9 Å². The van der Waals surface area contributed by atoms with Crippen LogP contribution < -0.4 is 20.7 Å². The maximum atomic E-state index is 14.9.